The van der Waals surface area contributed by atoms with Crippen LogP contribution in [-0.2, 0) is 4.79 Å². The highest BCUT2D eigenvalue weighted by atomic mass is 16.4. The van der Waals surface area contributed by atoms with E-state index in [0.29, 0.717) is 5.76 Å². The van der Waals surface area contributed by atoms with E-state index in [0.717, 1.165) is 5.76 Å². The van der Waals surface area contributed by atoms with Crippen molar-refractivity contribution in [3.8, 4) is 0 Å². The summed E-state index contributed by atoms with van der Waals surface area (Å²) in [6.45, 7) is 3.15. The summed E-state index contributed by atoms with van der Waals surface area (Å²) in [4.78, 5) is 21.4. The number of amides is 2. The molecule has 1 atom stereocenters. The number of furan rings is 1. The molecular weight excluding hydrogens is 212 g/mol. The fourth-order valence-electron chi connectivity index (χ4n) is 1.16. The Balaban J connectivity index is 2.42. The maximum Gasteiger partial charge on any atom is 0.323 e. The second-order valence-corrected chi connectivity index (χ2v) is 3.39. The summed E-state index contributed by atoms with van der Waals surface area (Å²) in [6, 6.07) is 2.71. The first-order valence-corrected chi connectivity index (χ1v) is 4.81. The van der Waals surface area contributed by atoms with Crippen LogP contribution in [0, 0.1) is 6.92 Å². The van der Waals surface area contributed by atoms with E-state index in [-0.39, 0.29) is 6.04 Å². The summed E-state index contributed by atoms with van der Waals surface area (Å²) in [6.07, 6.45) is 0. The lowest BCUT2D eigenvalue weighted by molar-refractivity contribution is -0.135. The van der Waals surface area contributed by atoms with Crippen molar-refractivity contribution in [2.75, 3.05) is 6.54 Å². The van der Waals surface area contributed by atoms with Gasteiger partial charge in [-0.25, -0.2) is 4.79 Å². The quantitative estimate of drug-likeness (QED) is 0.715. The summed E-state index contributed by atoms with van der Waals surface area (Å²) in [5.74, 6) is 0.300. The number of hydrogen-bond acceptors (Lipinski definition) is 3. The molecule has 0 aliphatic carbocycles. The van der Waals surface area contributed by atoms with Crippen LogP contribution in [0.15, 0.2) is 16.5 Å². The van der Waals surface area contributed by atoms with Crippen molar-refractivity contribution in [3.05, 3.63) is 23.7 Å². The second kappa shape index (κ2) is 5.20. The monoisotopic (exact) mass is 226 g/mol. The molecule has 0 aromatic carbocycles. The largest absolute Gasteiger partial charge is 0.480 e. The molecule has 3 N–H and O–H groups in total. The lowest BCUT2D eigenvalue weighted by Gasteiger charge is -2.11. The van der Waals surface area contributed by atoms with Gasteiger partial charge in [-0.05, 0) is 26.0 Å². The van der Waals surface area contributed by atoms with Crippen molar-refractivity contribution >= 4 is 12.0 Å². The van der Waals surface area contributed by atoms with Gasteiger partial charge in [0.1, 0.15) is 18.1 Å². The van der Waals surface area contributed by atoms with Crippen LogP contribution in [0.25, 0.3) is 0 Å². The minimum atomic E-state index is -1.09. The molecule has 0 fully saturated rings. The molecule has 0 saturated heterocycles. The average molecular weight is 226 g/mol. The molecule has 88 valence electrons. The van der Waals surface area contributed by atoms with Crippen molar-refractivity contribution in [3.63, 3.8) is 0 Å². The van der Waals surface area contributed by atoms with Crippen LogP contribution in [0.4, 0.5) is 4.79 Å². The molecule has 1 rings (SSSR count). The highest BCUT2D eigenvalue weighted by molar-refractivity contribution is 5.79. The van der Waals surface area contributed by atoms with Crippen molar-refractivity contribution in [2.45, 2.75) is 19.9 Å². The van der Waals surface area contributed by atoms with Gasteiger partial charge in [0.2, 0.25) is 0 Å². The predicted octanol–water partition coefficient (Wildman–Crippen LogP) is 1.03. The van der Waals surface area contributed by atoms with Gasteiger partial charge >= 0.3 is 12.0 Å². The molecule has 0 saturated carbocycles. The summed E-state index contributed by atoms with van der Waals surface area (Å²) in [5, 5.41) is 13.1. The number of urea groups is 1. The zero-order chi connectivity index (χ0) is 12.1. The first kappa shape index (κ1) is 12.1. The number of carboxylic acids is 1. The lowest BCUT2D eigenvalue weighted by Crippen LogP contribution is -2.39. The number of hydrogen-bond donors (Lipinski definition) is 3. The van der Waals surface area contributed by atoms with Crippen molar-refractivity contribution in [1.29, 1.82) is 0 Å². The summed E-state index contributed by atoms with van der Waals surface area (Å²) < 4.78 is 5.31. The van der Waals surface area contributed by atoms with Crippen LogP contribution in [0.3, 0.4) is 0 Å². The zero-order valence-electron chi connectivity index (χ0n) is 9.11. The maximum absolute atomic E-state index is 11.2. The fraction of sp³-hybridized carbons (Fsp3) is 0.400. The van der Waals surface area contributed by atoms with Gasteiger partial charge in [-0.3, -0.25) is 4.79 Å². The Hall–Kier alpha value is -1.98. The minimum absolute atomic E-state index is 0.303. The Morgan fingerprint density at radius 3 is 2.69 bits per heavy atom. The van der Waals surface area contributed by atoms with Gasteiger partial charge < -0.3 is 20.2 Å². The minimum Gasteiger partial charge on any atom is -0.480 e. The van der Waals surface area contributed by atoms with E-state index in [9.17, 15) is 9.59 Å². The Labute approximate surface area is 92.6 Å². The maximum atomic E-state index is 11.2. The van der Waals surface area contributed by atoms with Crippen LogP contribution in [0.1, 0.15) is 24.5 Å². The first-order chi connectivity index (χ1) is 7.49. The summed E-state index contributed by atoms with van der Waals surface area (Å²) in [7, 11) is 0. The van der Waals surface area contributed by atoms with E-state index < -0.39 is 18.5 Å². The second-order valence-electron chi connectivity index (χ2n) is 3.39. The predicted molar refractivity (Wildman–Crippen MR) is 56.0 cm³/mol. The molecule has 0 bridgehead atoms. The third-order valence-electron chi connectivity index (χ3n) is 1.94. The number of carbonyl (C=O) groups is 2. The molecule has 1 unspecified atom stereocenters. The number of carbonyl (C=O) groups excluding carboxylic acids is 1. The highest BCUT2D eigenvalue weighted by Gasteiger charge is 2.12. The first-order valence-electron chi connectivity index (χ1n) is 4.81. The number of carboxylic acid groups (broad SMARTS) is 1. The zero-order valence-corrected chi connectivity index (χ0v) is 9.11. The molecule has 6 nitrogen and oxygen atoms in total. The number of aryl methyl sites for hydroxylation is 1. The lowest BCUT2D eigenvalue weighted by atomic mass is 10.2. The number of rotatable bonds is 4. The Morgan fingerprint density at radius 1 is 1.50 bits per heavy atom. The Bertz CT molecular complexity index is 386. The van der Waals surface area contributed by atoms with E-state index in [2.05, 4.69) is 10.6 Å². The molecule has 0 aliphatic heterocycles. The molecule has 6 heteroatoms. The fourth-order valence-corrected chi connectivity index (χ4v) is 1.16. The molecule has 1 heterocycles. The third-order valence-corrected chi connectivity index (χ3v) is 1.94. The number of aliphatic carboxylic acids is 1. The topological polar surface area (TPSA) is 91.6 Å². The van der Waals surface area contributed by atoms with Gasteiger partial charge in [-0.15, -0.1) is 0 Å². The van der Waals surface area contributed by atoms with Gasteiger partial charge in [0.15, 0.2) is 0 Å². The Morgan fingerprint density at radius 2 is 2.19 bits per heavy atom. The van der Waals surface area contributed by atoms with Crippen LogP contribution in [0.2, 0.25) is 0 Å². The Kier molecular flexibility index (Phi) is 3.93. The summed E-state index contributed by atoms with van der Waals surface area (Å²) in [5.41, 5.74) is 0. The smallest absolute Gasteiger partial charge is 0.323 e. The van der Waals surface area contributed by atoms with E-state index in [1.165, 1.54) is 0 Å². The molecule has 0 aliphatic rings. The van der Waals surface area contributed by atoms with Gasteiger partial charge in [-0.1, -0.05) is 0 Å². The highest BCUT2D eigenvalue weighted by Crippen LogP contribution is 2.14. The van der Waals surface area contributed by atoms with Crippen LogP contribution >= 0.6 is 0 Å². The average Bonchev–Trinajstić information content (AvgIpc) is 2.62. The molecule has 1 aromatic rings. The van der Waals surface area contributed by atoms with E-state index >= 15 is 0 Å². The molecule has 0 spiro atoms. The van der Waals surface area contributed by atoms with E-state index in [1.54, 1.807) is 26.0 Å². The van der Waals surface area contributed by atoms with Crippen LogP contribution in [-0.4, -0.2) is 23.7 Å². The molecule has 16 heavy (non-hydrogen) atoms. The third kappa shape index (κ3) is 3.64. The summed E-state index contributed by atoms with van der Waals surface area (Å²) >= 11 is 0. The molecule has 2 amide bonds. The van der Waals surface area contributed by atoms with Gasteiger partial charge in [0.05, 0.1) is 6.04 Å². The van der Waals surface area contributed by atoms with E-state index in [1.807, 2.05) is 0 Å². The molecule has 1 aromatic heterocycles. The SMILES string of the molecule is Cc1ccc(C(C)NC(=O)NCC(=O)O)o1. The molecular formula is C10H14N2O4. The van der Waals surface area contributed by atoms with E-state index in [4.69, 9.17) is 9.52 Å². The number of nitrogens with one attached hydrogen (secondary N) is 2. The van der Waals surface area contributed by atoms with Crippen molar-refractivity contribution in [1.82, 2.24) is 10.6 Å². The van der Waals surface area contributed by atoms with Crippen LogP contribution < -0.4 is 10.6 Å². The standard InChI is InChI=1S/C10H14N2O4/c1-6-3-4-8(16-6)7(2)12-10(15)11-5-9(13)14/h3-4,7H,5H2,1-2H3,(H,13,14)(H2,11,12,15). The van der Waals surface area contributed by atoms with Crippen molar-refractivity contribution < 1.29 is 19.1 Å². The normalized spacial score (nSPS) is 11.9. The van der Waals surface area contributed by atoms with Gasteiger partial charge in [-0.2, -0.15) is 0 Å². The van der Waals surface area contributed by atoms with Gasteiger partial charge in [0.25, 0.3) is 0 Å². The van der Waals surface area contributed by atoms with Gasteiger partial charge in [0, 0.05) is 0 Å². The van der Waals surface area contributed by atoms with Crippen LogP contribution in [0.5, 0.6) is 0 Å². The molecule has 0 radical (unpaired) electrons. The van der Waals surface area contributed by atoms with Crippen molar-refractivity contribution in [2.24, 2.45) is 0 Å².